The van der Waals surface area contributed by atoms with E-state index in [9.17, 15) is 26.3 Å². The first-order valence-corrected chi connectivity index (χ1v) is 9.54. The molecule has 0 N–H and O–H groups in total. The normalized spacial score (nSPS) is 14.3. The Bertz CT molecular complexity index is 1040. The Morgan fingerprint density at radius 3 is 2.28 bits per heavy atom. The highest BCUT2D eigenvalue weighted by Gasteiger charge is 2.41. The summed E-state index contributed by atoms with van der Waals surface area (Å²) in [6, 6.07) is 6.72. The number of nitrogens with zero attached hydrogens (tertiary/aromatic N) is 3. The Balaban J connectivity index is 2.70. The molecule has 0 bridgehead atoms. The van der Waals surface area contributed by atoms with Crippen LogP contribution in [0.15, 0.2) is 58.2 Å². The average Bonchev–Trinajstić information content (AvgIpc) is 2.71. The number of hydrogen-bond donors (Lipinski definition) is 0. The van der Waals surface area contributed by atoms with Gasteiger partial charge in [0.2, 0.25) is 5.71 Å². The van der Waals surface area contributed by atoms with Crippen molar-refractivity contribution in [2.24, 2.45) is 9.98 Å². The minimum Gasteiger partial charge on any atom is -0.435 e. The number of rotatable bonds is 5. The van der Waals surface area contributed by atoms with Gasteiger partial charge in [0, 0.05) is 12.6 Å². The highest BCUT2D eigenvalue weighted by atomic mass is 35.5. The largest absolute Gasteiger partial charge is 0.438 e. The quantitative estimate of drug-likeness (QED) is 0.201. The third kappa shape index (κ3) is 6.56. The minimum absolute atomic E-state index is 0.0212. The second-order valence-electron chi connectivity index (χ2n) is 6.47. The van der Waals surface area contributed by atoms with Crippen LogP contribution in [0.1, 0.15) is 31.4 Å². The van der Waals surface area contributed by atoms with Gasteiger partial charge in [-0.05, 0) is 43.2 Å². The summed E-state index contributed by atoms with van der Waals surface area (Å²) in [5.41, 5.74) is -2.08. The van der Waals surface area contributed by atoms with E-state index in [1.54, 1.807) is 13.8 Å². The smallest absolute Gasteiger partial charge is 0.435 e. The number of halogens is 7. The van der Waals surface area contributed by atoms with Crippen LogP contribution in [0.25, 0.3) is 5.70 Å². The molecular weight excluding hydrogens is 460 g/mol. The maximum atomic E-state index is 13.6. The standard InChI is InChI=1S/C21H18ClF6N3O/c1-4-12(2)17(13-6-5-7-14(10-13)20(23,24)25)31-19(18(29-3)21(26,27)28)32-15-8-9-16(22)30-11-15/h5-11H,4H2,1-3H3/b17-12+,29-18?,31-19?. The van der Waals surface area contributed by atoms with E-state index in [-0.39, 0.29) is 22.2 Å². The van der Waals surface area contributed by atoms with Gasteiger partial charge in [0.05, 0.1) is 17.5 Å². The lowest BCUT2D eigenvalue weighted by Crippen LogP contribution is -2.34. The molecule has 0 unspecified atom stereocenters. The first kappa shape index (κ1) is 25.4. The summed E-state index contributed by atoms with van der Waals surface area (Å²) < 4.78 is 85.6. The van der Waals surface area contributed by atoms with E-state index in [0.29, 0.717) is 12.0 Å². The molecule has 0 saturated carbocycles. The average molecular weight is 478 g/mol. The van der Waals surface area contributed by atoms with Crippen LogP contribution in [0.4, 0.5) is 26.3 Å². The van der Waals surface area contributed by atoms with Gasteiger partial charge in [0.15, 0.2) is 0 Å². The van der Waals surface area contributed by atoms with Crippen LogP contribution in [0.5, 0.6) is 5.75 Å². The number of hydrogen-bond acceptors (Lipinski definition) is 4. The Labute approximate surface area is 185 Å². The van der Waals surface area contributed by atoms with Crippen LogP contribution in [0.3, 0.4) is 0 Å². The zero-order chi connectivity index (χ0) is 24.1. The molecule has 1 heterocycles. The van der Waals surface area contributed by atoms with Crippen molar-refractivity contribution in [3.05, 3.63) is 64.4 Å². The van der Waals surface area contributed by atoms with Gasteiger partial charge < -0.3 is 4.74 Å². The second-order valence-corrected chi connectivity index (χ2v) is 6.85. The van der Waals surface area contributed by atoms with Gasteiger partial charge in [-0.3, -0.25) is 4.99 Å². The molecule has 0 amide bonds. The summed E-state index contributed by atoms with van der Waals surface area (Å²) in [7, 11) is 0.905. The Morgan fingerprint density at radius 1 is 1.09 bits per heavy atom. The first-order chi connectivity index (χ1) is 14.9. The van der Waals surface area contributed by atoms with Crippen molar-refractivity contribution in [1.29, 1.82) is 0 Å². The van der Waals surface area contributed by atoms with E-state index in [0.717, 1.165) is 31.4 Å². The number of aliphatic imine (C=N–C) groups is 2. The lowest BCUT2D eigenvalue weighted by Gasteiger charge is -2.16. The highest BCUT2D eigenvalue weighted by molar-refractivity contribution is 6.42. The van der Waals surface area contributed by atoms with Crippen LogP contribution < -0.4 is 4.74 Å². The van der Waals surface area contributed by atoms with Crippen molar-refractivity contribution < 1.29 is 31.1 Å². The maximum absolute atomic E-state index is 13.6. The summed E-state index contributed by atoms with van der Waals surface area (Å²) in [4.78, 5) is 11.0. The lowest BCUT2D eigenvalue weighted by atomic mass is 10.0. The molecule has 172 valence electrons. The van der Waals surface area contributed by atoms with Crippen molar-refractivity contribution in [2.45, 2.75) is 32.6 Å². The summed E-state index contributed by atoms with van der Waals surface area (Å²) in [6.07, 6.45) is -8.18. The predicted molar refractivity (Wildman–Crippen MR) is 111 cm³/mol. The Morgan fingerprint density at radius 2 is 1.78 bits per heavy atom. The number of ether oxygens (including phenoxy) is 1. The number of alkyl halides is 6. The van der Waals surface area contributed by atoms with Gasteiger partial charge in [0.25, 0.3) is 5.90 Å². The van der Waals surface area contributed by atoms with E-state index < -0.39 is 29.5 Å². The molecule has 0 atom stereocenters. The van der Waals surface area contributed by atoms with Crippen LogP contribution in [-0.4, -0.2) is 29.8 Å². The van der Waals surface area contributed by atoms with E-state index in [2.05, 4.69) is 15.0 Å². The van der Waals surface area contributed by atoms with E-state index in [1.807, 2.05) is 0 Å². The fourth-order valence-electron chi connectivity index (χ4n) is 2.52. The molecule has 0 aliphatic rings. The summed E-state index contributed by atoms with van der Waals surface area (Å²) in [6.45, 7) is 3.25. The number of allylic oxidation sites excluding steroid dienone is 1. The molecule has 0 saturated heterocycles. The van der Waals surface area contributed by atoms with Gasteiger partial charge in [-0.2, -0.15) is 26.3 Å². The van der Waals surface area contributed by atoms with Gasteiger partial charge in [-0.15, -0.1) is 0 Å². The molecule has 1 aromatic heterocycles. The Hall–Kier alpha value is -2.88. The molecule has 0 aliphatic heterocycles. The SMILES string of the molecule is CC/C(C)=C(/N=C(Oc1ccc(Cl)nc1)C(=NC)C(F)(F)F)c1cccc(C(F)(F)F)c1. The number of aromatic nitrogens is 1. The molecule has 0 fully saturated rings. The third-order valence-electron chi connectivity index (χ3n) is 4.22. The monoisotopic (exact) mass is 477 g/mol. The van der Waals surface area contributed by atoms with Crippen LogP contribution in [0.2, 0.25) is 5.15 Å². The number of benzene rings is 1. The van der Waals surface area contributed by atoms with Crippen molar-refractivity contribution in [3.8, 4) is 5.75 Å². The lowest BCUT2D eigenvalue weighted by molar-refractivity contribution is -0.137. The van der Waals surface area contributed by atoms with Crippen molar-refractivity contribution in [3.63, 3.8) is 0 Å². The molecule has 11 heteroatoms. The molecular formula is C21H18ClF6N3O. The first-order valence-electron chi connectivity index (χ1n) is 9.16. The molecule has 2 rings (SSSR count). The van der Waals surface area contributed by atoms with Crippen molar-refractivity contribution in [2.75, 3.05) is 7.05 Å². The summed E-state index contributed by atoms with van der Waals surface area (Å²) in [5, 5.41) is 0.0856. The molecule has 0 aliphatic carbocycles. The maximum Gasteiger partial charge on any atom is 0.438 e. The van der Waals surface area contributed by atoms with Crippen molar-refractivity contribution in [1.82, 2.24) is 4.98 Å². The van der Waals surface area contributed by atoms with Gasteiger partial charge >= 0.3 is 12.4 Å². The van der Waals surface area contributed by atoms with Gasteiger partial charge in [-0.1, -0.05) is 30.7 Å². The summed E-state index contributed by atoms with van der Waals surface area (Å²) in [5.74, 6) is -1.06. The van der Waals surface area contributed by atoms with Gasteiger partial charge in [-0.25, -0.2) is 9.98 Å². The van der Waals surface area contributed by atoms with Crippen molar-refractivity contribution >= 4 is 28.9 Å². The molecule has 0 spiro atoms. The van der Waals surface area contributed by atoms with Gasteiger partial charge in [0.1, 0.15) is 10.9 Å². The zero-order valence-electron chi connectivity index (χ0n) is 17.1. The van der Waals surface area contributed by atoms with E-state index in [1.165, 1.54) is 18.2 Å². The fourth-order valence-corrected chi connectivity index (χ4v) is 2.63. The Kier molecular flexibility index (Phi) is 8.06. The fraction of sp³-hybridized carbons (Fsp3) is 0.286. The second kappa shape index (κ2) is 10.2. The molecule has 1 aromatic carbocycles. The van der Waals surface area contributed by atoms with E-state index in [4.69, 9.17) is 16.3 Å². The van der Waals surface area contributed by atoms with Crippen LogP contribution >= 0.6 is 11.6 Å². The highest BCUT2D eigenvalue weighted by Crippen LogP contribution is 2.33. The topological polar surface area (TPSA) is 46.8 Å². The minimum atomic E-state index is -4.94. The van der Waals surface area contributed by atoms with Crippen LogP contribution in [-0.2, 0) is 6.18 Å². The van der Waals surface area contributed by atoms with E-state index >= 15 is 0 Å². The third-order valence-corrected chi connectivity index (χ3v) is 4.44. The zero-order valence-corrected chi connectivity index (χ0v) is 17.9. The number of pyridine rings is 1. The van der Waals surface area contributed by atoms with Crippen LogP contribution in [0, 0.1) is 0 Å². The molecule has 2 aromatic rings. The molecule has 32 heavy (non-hydrogen) atoms. The molecule has 4 nitrogen and oxygen atoms in total. The molecule has 0 radical (unpaired) electrons. The summed E-state index contributed by atoms with van der Waals surface area (Å²) >= 11 is 5.69. The predicted octanol–water partition coefficient (Wildman–Crippen LogP) is 7.01.